The molecule has 2 rings (SSSR count). The Balaban J connectivity index is 2.21. The Hall–Kier alpha value is -1.85. The number of hydrogen-bond donors (Lipinski definition) is 2. The van der Waals surface area contributed by atoms with Crippen LogP contribution in [0.1, 0.15) is 5.56 Å². The van der Waals surface area contributed by atoms with Gasteiger partial charge in [0.15, 0.2) is 0 Å². The Kier molecular flexibility index (Phi) is 4.54. The molecule has 0 bridgehead atoms. The quantitative estimate of drug-likeness (QED) is 0.726. The molecule has 0 aliphatic carbocycles. The number of ether oxygens (including phenoxy) is 1. The summed E-state index contributed by atoms with van der Waals surface area (Å²) in [5.41, 5.74) is 7.49. The fourth-order valence-corrected chi connectivity index (χ4v) is 2.18. The monoisotopic (exact) mass is 261 g/mol. The topological polar surface area (TPSA) is 69.3 Å². The molecule has 1 aromatic carbocycles. The lowest BCUT2D eigenvalue weighted by molar-refractivity contribution is -0.118. The second-order valence-corrected chi connectivity index (χ2v) is 4.43. The number of nitrogens with two attached hydrogens (primary N) is 1. The van der Waals surface area contributed by atoms with Crippen molar-refractivity contribution in [2.24, 2.45) is 5.73 Å². The molecule has 0 unspecified atom stereocenters. The third-order valence-electron chi connectivity index (χ3n) is 3.00. The Labute approximate surface area is 112 Å². The molecule has 3 N–H and O–H groups in total. The summed E-state index contributed by atoms with van der Waals surface area (Å²) in [7, 11) is 1.68. The van der Waals surface area contributed by atoms with Gasteiger partial charge in [-0.1, -0.05) is 18.2 Å². The van der Waals surface area contributed by atoms with Crippen molar-refractivity contribution in [1.29, 1.82) is 0 Å². The van der Waals surface area contributed by atoms with E-state index in [-0.39, 0.29) is 12.5 Å². The van der Waals surface area contributed by atoms with Gasteiger partial charge in [0.25, 0.3) is 0 Å². The number of para-hydroxylation sites is 1. The number of fused-ring (bicyclic) bond motifs is 1. The smallest absolute Gasteiger partial charge is 0.237 e. The second-order valence-electron chi connectivity index (χ2n) is 4.43. The molecule has 19 heavy (non-hydrogen) atoms. The molecule has 0 fully saturated rings. The van der Waals surface area contributed by atoms with E-state index >= 15 is 0 Å². The summed E-state index contributed by atoms with van der Waals surface area (Å²) in [5, 5.41) is 4.43. The molecule has 0 radical (unpaired) electrons. The van der Waals surface area contributed by atoms with E-state index in [9.17, 15) is 4.79 Å². The minimum atomic E-state index is -0.334. The normalized spacial score (nSPS) is 11.0. The first kappa shape index (κ1) is 13.6. The zero-order chi connectivity index (χ0) is 13.7. The zero-order valence-corrected chi connectivity index (χ0v) is 11.1. The van der Waals surface area contributed by atoms with Crippen molar-refractivity contribution in [3.63, 3.8) is 0 Å². The number of carbonyl (C=O) groups is 1. The van der Waals surface area contributed by atoms with Gasteiger partial charge in [0, 0.05) is 26.4 Å². The third kappa shape index (κ3) is 3.33. The minimum Gasteiger partial charge on any atom is -0.383 e. The summed E-state index contributed by atoms with van der Waals surface area (Å²) in [6.45, 7) is 2.42. The Bertz CT molecular complexity index is 563. The van der Waals surface area contributed by atoms with E-state index in [1.54, 1.807) is 7.11 Å². The SMILES string of the molecule is COCCNCc1cccc2ccn(CC(N)=O)c12. The molecule has 1 aromatic heterocycles. The molecule has 0 saturated heterocycles. The van der Waals surface area contributed by atoms with Gasteiger partial charge in [-0.2, -0.15) is 0 Å². The molecule has 0 aliphatic heterocycles. The van der Waals surface area contributed by atoms with E-state index in [0.29, 0.717) is 6.61 Å². The lowest BCUT2D eigenvalue weighted by Crippen LogP contribution is -2.20. The number of rotatable bonds is 7. The van der Waals surface area contributed by atoms with Crippen LogP contribution in [0.4, 0.5) is 0 Å². The van der Waals surface area contributed by atoms with Gasteiger partial charge in [0.05, 0.1) is 12.1 Å². The van der Waals surface area contributed by atoms with E-state index in [2.05, 4.69) is 11.4 Å². The van der Waals surface area contributed by atoms with Crippen LogP contribution in [0.25, 0.3) is 10.9 Å². The molecule has 1 amide bonds. The van der Waals surface area contributed by atoms with Crippen molar-refractivity contribution in [3.8, 4) is 0 Å². The molecule has 102 valence electrons. The highest BCUT2D eigenvalue weighted by Crippen LogP contribution is 2.20. The van der Waals surface area contributed by atoms with Gasteiger partial charge in [-0.25, -0.2) is 0 Å². The van der Waals surface area contributed by atoms with Gasteiger partial charge < -0.3 is 20.4 Å². The van der Waals surface area contributed by atoms with Crippen LogP contribution >= 0.6 is 0 Å². The maximum atomic E-state index is 11.1. The molecule has 2 aromatic rings. The first-order valence-corrected chi connectivity index (χ1v) is 6.27. The van der Waals surface area contributed by atoms with E-state index in [4.69, 9.17) is 10.5 Å². The summed E-state index contributed by atoms with van der Waals surface area (Å²) >= 11 is 0. The van der Waals surface area contributed by atoms with Crippen molar-refractivity contribution in [2.75, 3.05) is 20.3 Å². The standard InChI is InChI=1S/C14H19N3O2/c1-19-8-6-16-9-12-4-2-3-11-5-7-17(14(11)12)10-13(15)18/h2-5,7,16H,6,8-10H2,1H3,(H2,15,18). The first-order valence-electron chi connectivity index (χ1n) is 6.27. The van der Waals surface area contributed by atoms with Gasteiger partial charge in [-0.15, -0.1) is 0 Å². The van der Waals surface area contributed by atoms with Crippen LogP contribution in [0, 0.1) is 0 Å². The Morgan fingerprint density at radius 1 is 1.42 bits per heavy atom. The summed E-state index contributed by atoms with van der Waals surface area (Å²) in [4.78, 5) is 11.1. The van der Waals surface area contributed by atoms with E-state index in [1.165, 1.54) is 0 Å². The average Bonchev–Trinajstić information content (AvgIpc) is 2.78. The van der Waals surface area contributed by atoms with Crippen LogP contribution in [0.2, 0.25) is 0 Å². The predicted molar refractivity (Wildman–Crippen MR) is 74.7 cm³/mol. The number of amides is 1. The Morgan fingerprint density at radius 3 is 3.00 bits per heavy atom. The van der Waals surface area contributed by atoms with E-state index in [1.807, 2.05) is 29.0 Å². The van der Waals surface area contributed by atoms with Crippen LogP contribution < -0.4 is 11.1 Å². The van der Waals surface area contributed by atoms with Gasteiger partial charge in [-0.05, 0) is 17.0 Å². The fraction of sp³-hybridized carbons (Fsp3) is 0.357. The van der Waals surface area contributed by atoms with Crippen LogP contribution in [0.5, 0.6) is 0 Å². The summed E-state index contributed by atoms with van der Waals surface area (Å²) < 4.78 is 6.89. The number of hydrogen-bond acceptors (Lipinski definition) is 3. The van der Waals surface area contributed by atoms with Crippen LogP contribution in [-0.4, -0.2) is 30.7 Å². The van der Waals surface area contributed by atoms with Gasteiger partial charge in [0.2, 0.25) is 5.91 Å². The molecular formula is C14H19N3O2. The summed E-state index contributed by atoms with van der Waals surface area (Å²) in [6.07, 6.45) is 1.90. The maximum Gasteiger partial charge on any atom is 0.237 e. The highest BCUT2D eigenvalue weighted by atomic mass is 16.5. The lowest BCUT2D eigenvalue weighted by atomic mass is 10.1. The molecule has 0 aliphatic rings. The van der Waals surface area contributed by atoms with Crippen LogP contribution in [0.15, 0.2) is 30.5 Å². The second kappa shape index (κ2) is 6.36. The van der Waals surface area contributed by atoms with Crippen LogP contribution in [0.3, 0.4) is 0 Å². The van der Waals surface area contributed by atoms with Crippen molar-refractivity contribution >= 4 is 16.8 Å². The molecular weight excluding hydrogens is 242 g/mol. The molecule has 0 atom stereocenters. The number of carbonyl (C=O) groups excluding carboxylic acids is 1. The maximum absolute atomic E-state index is 11.1. The summed E-state index contributed by atoms with van der Waals surface area (Å²) in [5.74, 6) is -0.334. The summed E-state index contributed by atoms with van der Waals surface area (Å²) in [6, 6.07) is 8.10. The van der Waals surface area contributed by atoms with Crippen molar-refractivity contribution in [2.45, 2.75) is 13.1 Å². The van der Waals surface area contributed by atoms with E-state index < -0.39 is 0 Å². The molecule has 5 heteroatoms. The zero-order valence-electron chi connectivity index (χ0n) is 11.1. The number of primary amides is 1. The van der Waals surface area contributed by atoms with Crippen LogP contribution in [-0.2, 0) is 22.6 Å². The molecule has 0 spiro atoms. The number of nitrogens with zero attached hydrogens (tertiary/aromatic N) is 1. The number of methoxy groups -OCH3 is 1. The van der Waals surface area contributed by atoms with Crippen molar-refractivity contribution < 1.29 is 9.53 Å². The van der Waals surface area contributed by atoms with Gasteiger partial charge in [-0.3, -0.25) is 4.79 Å². The van der Waals surface area contributed by atoms with Crippen molar-refractivity contribution in [3.05, 3.63) is 36.0 Å². The highest BCUT2D eigenvalue weighted by Gasteiger charge is 2.07. The largest absolute Gasteiger partial charge is 0.383 e. The van der Waals surface area contributed by atoms with Gasteiger partial charge in [0.1, 0.15) is 6.54 Å². The molecule has 5 nitrogen and oxygen atoms in total. The molecule has 1 heterocycles. The number of nitrogens with one attached hydrogen (secondary N) is 1. The number of benzene rings is 1. The number of aromatic nitrogens is 1. The van der Waals surface area contributed by atoms with Gasteiger partial charge >= 0.3 is 0 Å². The average molecular weight is 261 g/mol. The van der Waals surface area contributed by atoms with Crippen molar-refractivity contribution in [1.82, 2.24) is 9.88 Å². The highest BCUT2D eigenvalue weighted by molar-refractivity contribution is 5.85. The lowest BCUT2D eigenvalue weighted by Gasteiger charge is -2.09. The van der Waals surface area contributed by atoms with E-state index in [0.717, 1.165) is 29.6 Å². The third-order valence-corrected chi connectivity index (χ3v) is 3.00. The Morgan fingerprint density at radius 2 is 2.26 bits per heavy atom. The fourth-order valence-electron chi connectivity index (χ4n) is 2.18. The minimum absolute atomic E-state index is 0.207. The molecule has 0 saturated carbocycles. The first-order chi connectivity index (χ1) is 9.22. The predicted octanol–water partition coefficient (Wildman–Crippen LogP) is 0.863.